The highest BCUT2D eigenvalue weighted by atomic mass is 16.6. The van der Waals surface area contributed by atoms with Crippen molar-refractivity contribution in [1.82, 2.24) is 0 Å². The maximum Gasteiger partial charge on any atom is 0.331 e. The molecule has 102 valence electrons. The molecule has 8 heteroatoms. The lowest BCUT2D eigenvalue weighted by Crippen LogP contribution is -2.34. The van der Waals surface area contributed by atoms with E-state index in [9.17, 15) is 19.7 Å². The van der Waals surface area contributed by atoms with E-state index in [4.69, 9.17) is 4.42 Å². The van der Waals surface area contributed by atoms with Gasteiger partial charge in [-0.05, 0) is 12.1 Å². The van der Waals surface area contributed by atoms with Crippen LogP contribution >= 0.6 is 0 Å². The smallest absolute Gasteiger partial charge is 0.331 e. The molecule has 1 heterocycles. The van der Waals surface area contributed by atoms with E-state index < -0.39 is 34.2 Å². The first-order chi connectivity index (χ1) is 9.01. The fourth-order valence-electron chi connectivity index (χ4n) is 2.42. The Labute approximate surface area is 107 Å². The number of ether oxygens (including phenoxy) is 2. The Bertz CT molecular complexity index is 505. The molecule has 0 aromatic carbocycles. The van der Waals surface area contributed by atoms with Crippen molar-refractivity contribution in [3.63, 3.8) is 0 Å². The number of furan rings is 1. The van der Waals surface area contributed by atoms with Crippen LogP contribution < -0.4 is 0 Å². The van der Waals surface area contributed by atoms with Crippen molar-refractivity contribution >= 4 is 11.9 Å². The van der Waals surface area contributed by atoms with Crippen LogP contribution in [0.2, 0.25) is 0 Å². The monoisotopic (exact) mass is 269 g/mol. The zero-order chi connectivity index (χ0) is 14.2. The molecule has 0 radical (unpaired) electrons. The van der Waals surface area contributed by atoms with Crippen molar-refractivity contribution < 1.29 is 28.4 Å². The molecule has 2 atom stereocenters. The molecule has 19 heavy (non-hydrogen) atoms. The van der Waals surface area contributed by atoms with Gasteiger partial charge in [0.2, 0.25) is 5.41 Å². The van der Waals surface area contributed by atoms with Crippen LogP contribution in [0.5, 0.6) is 0 Å². The summed E-state index contributed by atoms with van der Waals surface area (Å²) in [6.07, 6.45) is 1.31. The predicted octanol–water partition coefficient (Wildman–Crippen LogP) is 0.354. The Morgan fingerprint density at radius 3 is 2.32 bits per heavy atom. The fraction of sp³-hybridized carbons (Fsp3) is 0.455. The summed E-state index contributed by atoms with van der Waals surface area (Å²) in [5.74, 6) is -2.83. The van der Waals surface area contributed by atoms with E-state index in [1.807, 2.05) is 0 Å². The second-order valence-electron chi connectivity index (χ2n) is 4.08. The third kappa shape index (κ3) is 1.60. The quantitative estimate of drug-likeness (QED) is 0.336. The van der Waals surface area contributed by atoms with Gasteiger partial charge in [-0.25, -0.2) is 0 Å². The summed E-state index contributed by atoms with van der Waals surface area (Å²) in [5, 5.41) is 11.1. The molecule has 0 N–H and O–H groups in total. The number of carbonyl (C=O) groups excluding carboxylic acids is 2. The predicted molar refractivity (Wildman–Crippen MR) is 58.7 cm³/mol. The minimum absolute atomic E-state index is 0.178. The summed E-state index contributed by atoms with van der Waals surface area (Å²) in [5.41, 5.74) is -1.97. The normalized spacial score (nSPS) is 23.5. The second kappa shape index (κ2) is 4.38. The summed E-state index contributed by atoms with van der Waals surface area (Å²) in [4.78, 5) is 34.1. The number of hydrogen-bond acceptors (Lipinski definition) is 7. The zero-order valence-corrected chi connectivity index (χ0v) is 10.2. The molecule has 1 fully saturated rings. The molecular weight excluding hydrogens is 258 g/mol. The summed E-state index contributed by atoms with van der Waals surface area (Å²) in [7, 11) is 2.11. The number of carbonyl (C=O) groups is 2. The third-order valence-corrected chi connectivity index (χ3v) is 3.29. The molecule has 2 rings (SSSR count). The van der Waals surface area contributed by atoms with Gasteiger partial charge in [0.05, 0.1) is 20.5 Å². The maximum absolute atomic E-state index is 11.8. The van der Waals surface area contributed by atoms with E-state index in [1.165, 1.54) is 18.4 Å². The van der Waals surface area contributed by atoms with Crippen LogP contribution in [0.3, 0.4) is 0 Å². The van der Waals surface area contributed by atoms with Gasteiger partial charge in [0, 0.05) is 4.92 Å². The largest absolute Gasteiger partial charge is 0.469 e. The summed E-state index contributed by atoms with van der Waals surface area (Å²) in [6.45, 7) is 0. The van der Waals surface area contributed by atoms with Gasteiger partial charge in [-0.3, -0.25) is 19.7 Å². The third-order valence-electron chi connectivity index (χ3n) is 3.29. The van der Waals surface area contributed by atoms with Gasteiger partial charge in [-0.15, -0.1) is 0 Å². The summed E-state index contributed by atoms with van der Waals surface area (Å²) in [6, 6.07) is 1.54. The molecule has 8 nitrogen and oxygen atoms in total. The van der Waals surface area contributed by atoms with Crippen molar-refractivity contribution in [1.29, 1.82) is 0 Å². The molecule has 0 saturated heterocycles. The van der Waals surface area contributed by atoms with E-state index in [1.54, 1.807) is 0 Å². The fourth-order valence-corrected chi connectivity index (χ4v) is 2.42. The Kier molecular flexibility index (Phi) is 3.01. The van der Waals surface area contributed by atoms with E-state index in [0.717, 1.165) is 14.2 Å². The molecule has 0 bridgehead atoms. The molecule has 1 saturated carbocycles. The van der Waals surface area contributed by atoms with Crippen LogP contribution in [0.1, 0.15) is 11.7 Å². The highest BCUT2D eigenvalue weighted by Crippen LogP contribution is 2.62. The van der Waals surface area contributed by atoms with Gasteiger partial charge in [0.25, 0.3) is 6.04 Å². The van der Waals surface area contributed by atoms with Crippen molar-refractivity contribution in [3.05, 3.63) is 34.3 Å². The Balaban J connectivity index is 2.50. The number of nitro groups is 1. The molecule has 0 aliphatic heterocycles. The summed E-state index contributed by atoms with van der Waals surface area (Å²) < 4.78 is 14.1. The van der Waals surface area contributed by atoms with Crippen LogP contribution in [0, 0.1) is 15.5 Å². The minimum atomic E-state index is -1.97. The van der Waals surface area contributed by atoms with Crippen molar-refractivity contribution in [2.75, 3.05) is 14.2 Å². The molecule has 0 unspecified atom stereocenters. The molecule has 1 aromatic heterocycles. The minimum Gasteiger partial charge on any atom is -0.469 e. The average Bonchev–Trinajstić information content (AvgIpc) is 2.82. The van der Waals surface area contributed by atoms with Crippen LogP contribution in [0.15, 0.2) is 22.8 Å². The number of esters is 2. The molecule has 1 aliphatic rings. The first-order valence-electron chi connectivity index (χ1n) is 5.35. The van der Waals surface area contributed by atoms with E-state index >= 15 is 0 Å². The van der Waals surface area contributed by atoms with Gasteiger partial charge in [0.15, 0.2) is 0 Å². The van der Waals surface area contributed by atoms with Crippen LogP contribution in [0.4, 0.5) is 0 Å². The van der Waals surface area contributed by atoms with E-state index in [2.05, 4.69) is 9.47 Å². The average molecular weight is 269 g/mol. The standard InChI is InChI=1S/C11H11NO7/c1-17-9(13)11(10(14)18-2)7(8(11)12(15)16)6-4-3-5-19-6/h3-5,7-8H,1-2H3/t7-,8-/m0/s1. The molecule has 1 aromatic rings. The van der Waals surface area contributed by atoms with Crippen molar-refractivity contribution in [2.45, 2.75) is 12.0 Å². The molecule has 0 amide bonds. The zero-order valence-electron chi connectivity index (χ0n) is 10.2. The lowest BCUT2D eigenvalue weighted by Gasteiger charge is -2.09. The van der Waals surface area contributed by atoms with Crippen LogP contribution in [0.25, 0.3) is 0 Å². The SMILES string of the molecule is COC(=O)C1(C(=O)OC)[C@@H]([N+](=O)[O-])[C@@H]1c1ccco1. The van der Waals surface area contributed by atoms with Gasteiger partial charge < -0.3 is 13.9 Å². The van der Waals surface area contributed by atoms with Crippen molar-refractivity contribution in [3.8, 4) is 0 Å². The summed E-state index contributed by atoms with van der Waals surface area (Å²) >= 11 is 0. The van der Waals surface area contributed by atoms with E-state index in [0.29, 0.717) is 0 Å². The lowest BCUT2D eigenvalue weighted by atomic mass is 10.0. The number of methoxy groups -OCH3 is 2. The van der Waals surface area contributed by atoms with Gasteiger partial charge in [-0.2, -0.15) is 0 Å². The number of rotatable bonds is 4. The maximum atomic E-state index is 11.8. The molecule has 1 aliphatic carbocycles. The number of hydrogen-bond donors (Lipinski definition) is 0. The van der Waals surface area contributed by atoms with Gasteiger partial charge in [0.1, 0.15) is 11.7 Å². The van der Waals surface area contributed by atoms with Crippen LogP contribution in [-0.4, -0.2) is 37.1 Å². The number of nitrogens with zero attached hydrogens (tertiary/aromatic N) is 1. The Morgan fingerprint density at radius 1 is 1.37 bits per heavy atom. The highest BCUT2D eigenvalue weighted by molar-refractivity contribution is 6.06. The first kappa shape index (κ1) is 13.1. The van der Waals surface area contributed by atoms with Crippen molar-refractivity contribution in [2.24, 2.45) is 5.41 Å². The lowest BCUT2D eigenvalue weighted by molar-refractivity contribution is -0.501. The Morgan fingerprint density at radius 2 is 1.95 bits per heavy atom. The Hall–Kier alpha value is -2.38. The highest BCUT2D eigenvalue weighted by Gasteiger charge is 2.86. The topological polar surface area (TPSA) is 109 Å². The second-order valence-corrected chi connectivity index (χ2v) is 4.08. The van der Waals surface area contributed by atoms with Crippen LogP contribution in [-0.2, 0) is 19.1 Å². The molecular formula is C11H11NO7. The van der Waals surface area contributed by atoms with Gasteiger partial charge in [-0.1, -0.05) is 0 Å². The first-order valence-corrected chi connectivity index (χ1v) is 5.35. The van der Waals surface area contributed by atoms with E-state index in [-0.39, 0.29) is 5.76 Å². The van der Waals surface area contributed by atoms with Gasteiger partial charge >= 0.3 is 11.9 Å². The molecule has 0 spiro atoms.